The highest BCUT2D eigenvalue weighted by Gasteiger charge is 2.43. The van der Waals surface area contributed by atoms with Crippen molar-refractivity contribution in [2.75, 3.05) is 26.2 Å². The van der Waals surface area contributed by atoms with Crippen LogP contribution in [0.1, 0.15) is 44.9 Å². The van der Waals surface area contributed by atoms with E-state index in [9.17, 15) is 0 Å². The van der Waals surface area contributed by atoms with Crippen LogP contribution in [0.15, 0.2) is 29.4 Å². The van der Waals surface area contributed by atoms with Crippen LogP contribution in [0.3, 0.4) is 0 Å². The van der Waals surface area contributed by atoms with Crippen LogP contribution in [-0.2, 0) is 6.42 Å². The zero-order valence-corrected chi connectivity index (χ0v) is 15.1. The molecule has 4 rings (SSSR count). The summed E-state index contributed by atoms with van der Waals surface area (Å²) < 4.78 is 2.07. The van der Waals surface area contributed by atoms with Gasteiger partial charge in [-0.15, -0.1) is 10.2 Å². The number of pyridine rings is 1. The third-order valence-corrected chi connectivity index (χ3v) is 5.69. The van der Waals surface area contributed by atoms with Crippen LogP contribution in [0.5, 0.6) is 0 Å². The summed E-state index contributed by atoms with van der Waals surface area (Å²) in [4.78, 5) is 7.34. The second-order valence-electron chi connectivity index (χ2n) is 7.41. The number of nitrogens with one attached hydrogen (secondary N) is 1. The SMILES string of the molecule is CCNC(=NCCCc1nnc2ccccn12)N1CCC2(CCC2)C1. The first-order valence-electron chi connectivity index (χ1n) is 9.62. The van der Waals surface area contributed by atoms with Crippen LogP contribution in [-0.4, -0.2) is 51.6 Å². The fourth-order valence-electron chi connectivity index (χ4n) is 4.11. The first kappa shape index (κ1) is 16.4. The predicted molar refractivity (Wildman–Crippen MR) is 99.8 cm³/mol. The van der Waals surface area contributed by atoms with E-state index in [4.69, 9.17) is 4.99 Å². The molecule has 2 aliphatic rings. The molecule has 0 radical (unpaired) electrons. The van der Waals surface area contributed by atoms with Gasteiger partial charge in [0.25, 0.3) is 0 Å². The van der Waals surface area contributed by atoms with Crippen LogP contribution in [0.25, 0.3) is 5.65 Å². The number of rotatable bonds is 5. The summed E-state index contributed by atoms with van der Waals surface area (Å²) in [6, 6.07) is 6.00. The minimum Gasteiger partial charge on any atom is -0.357 e. The molecular formula is C19H28N6. The molecule has 1 N–H and O–H groups in total. The van der Waals surface area contributed by atoms with Crippen molar-refractivity contribution in [1.82, 2.24) is 24.8 Å². The van der Waals surface area contributed by atoms with Crippen molar-refractivity contribution in [3.63, 3.8) is 0 Å². The Morgan fingerprint density at radius 1 is 1.28 bits per heavy atom. The van der Waals surface area contributed by atoms with Gasteiger partial charge in [-0.2, -0.15) is 0 Å². The molecule has 2 aromatic rings. The molecule has 2 fully saturated rings. The van der Waals surface area contributed by atoms with Gasteiger partial charge < -0.3 is 10.2 Å². The van der Waals surface area contributed by atoms with E-state index in [0.717, 1.165) is 49.9 Å². The summed E-state index contributed by atoms with van der Waals surface area (Å²) in [6.45, 7) is 6.24. The molecular weight excluding hydrogens is 312 g/mol. The smallest absolute Gasteiger partial charge is 0.193 e. The molecule has 0 unspecified atom stereocenters. The fraction of sp³-hybridized carbons (Fsp3) is 0.632. The summed E-state index contributed by atoms with van der Waals surface area (Å²) in [5.74, 6) is 2.11. The highest BCUT2D eigenvalue weighted by Crippen LogP contribution is 2.47. The molecule has 0 atom stereocenters. The lowest BCUT2D eigenvalue weighted by Crippen LogP contribution is -2.42. The quantitative estimate of drug-likeness (QED) is 0.516. The summed E-state index contributed by atoms with van der Waals surface area (Å²) >= 11 is 0. The first-order valence-corrected chi connectivity index (χ1v) is 9.62. The number of aryl methyl sites for hydroxylation is 1. The molecule has 1 aliphatic carbocycles. The van der Waals surface area contributed by atoms with Crippen LogP contribution in [0, 0.1) is 5.41 Å². The van der Waals surface area contributed by atoms with Crippen LogP contribution >= 0.6 is 0 Å². The molecule has 1 saturated carbocycles. The van der Waals surface area contributed by atoms with Gasteiger partial charge in [-0.25, -0.2) is 0 Å². The molecule has 0 aromatic carbocycles. The second kappa shape index (κ2) is 7.02. The number of aliphatic imine (C=N–C) groups is 1. The monoisotopic (exact) mass is 340 g/mol. The molecule has 2 aromatic heterocycles. The number of guanidine groups is 1. The van der Waals surface area contributed by atoms with Gasteiger partial charge in [0.15, 0.2) is 11.6 Å². The van der Waals surface area contributed by atoms with Gasteiger partial charge >= 0.3 is 0 Å². The Balaban J connectivity index is 1.34. The van der Waals surface area contributed by atoms with Crippen molar-refractivity contribution in [3.05, 3.63) is 30.2 Å². The van der Waals surface area contributed by atoms with E-state index in [0.29, 0.717) is 5.41 Å². The van der Waals surface area contributed by atoms with E-state index < -0.39 is 0 Å². The second-order valence-corrected chi connectivity index (χ2v) is 7.41. The lowest BCUT2D eigenvalue weighted by Gasteiger charge is -2.38. The van der Waals surface area contributed by atoms with Gasteiger partial charge in [0.05, 0.1) is 0 Å². The fourth-order valence-corrected chi connectivity index (χ4v) is 4.11. The number of nitrogens with zero attached hydrogens (tertiary/aromatic N) is 5. The Bertz CT molecular complexity index is 745. The maximum Gasteiger partial charge on any atom is 0.193 e. The Kier molecular flexibility index (Phi) is 4.59. The standard InChI is InChI=1S/C19H28N6/c1-2-20-18(24-14-11-19(15-24)9-6-10-19)21-12-5-8-17-23-22-16-7-3-4-13-25(16)17/h3-4,7,13H,2,5-6,8-12,14-15H2,1H3,(H,20,21). The van der Waals surface area contributed by atoms with Gasteiger partial charge in [-0.05, 0) is 50.2 Å². The minimum atomic E-state index is 0.608. The van der Waals surface area contributed by atoms with Crippen molar-refractivity contribution < 1.29 is 0 Å². The van der Waals surface area contributed by atoms with Crippen LogP contribution < -0.4 is 5.32 Å². The summed E-state index contributed by atoms with van der Waals surface area (Å²) in [7, 11) is 0. The van der Waals surface area contributed by atoms with Gasteiger partial charge in [-0.1, -0.05) is 12.5 Å². The third-order valence-electron chi connectivity index (χ3n) is 5.69. The van der Waals surface area contributed by atoms with Crippen molar-refractivity contribution in [1.29, 1.82) is 0 Å². The largest absolute Gasteiger partial charge is 0.357 e. The van der Waals surface area contributed by atoms with Crippen molar-refractivity contribution in [2.24, 2.45) is 10.4 Å². The molecule has 0 amide bonds. The number of aromatic nitrogens is 3. The predicted octanol–water partition coefficient (Wildman–Crippen LogP) is 2.50. The van der Waals surface area contributed by atoms with Crippen LogP contribution in [0.4, 0.5) is 0 Å². The average Bonchev–Trinajstić information content (AvgIpc) is 3.22. The van der Waals surface area contributed by atoms with E-state index in [1.165, 1.54) is 32.2 Å². The van der Waals surface area contributed by atoms with Gasteiger partial charge in [0.1, 0.15) is 5.82 Å². The summed E-state index contributed by atoms with van der Waals surface area (Å²) in [5, 5.41) is 12.0. The Morgan fingerprint density at radius 3 is 2.96 bits per heavy atom. The average molecular weight is 340 g/mol. The lowest BCUT2D eigenvalue weighted by molar-refractivity contribution is 0.151. The van der Waals surface area contributed by atoms with E-state index in [-0.39, 0.29) is 0 Å². The van der Waals surface area contributed by atoms with Crippen molar-refractivity contribution in [3.8, 4) is 0 Å². The molecule has 1 aliphatic heterocycles. The first-order chi connectivity index (χ1) is 12.3. The van der Waals surface area contributed by atoms with Gasteiger partial charge in [-0.3, -0.25) is 9.39 Å². The van der Waals surface area contributed by atoms with Gasteiger partial charge in [0, 0.05) is 38.8 Å². The molecule has 0 bridgehead atoms. The normalized spacial score (nSPS) is 19.6. The van der Waals surface area contributed by atoms with E-state index in [2.05, 4.69) is 31.7 Å². The Labute approximate surface area is 149 Å². The zero-order valence-electron chi connectivity index (χ0n) is 15.1. The third kappa shape index (κ3) is 3.34. The van der Waals surface area contributed by atoms with E-state index >= 15 is 0 Å². The van der Waals surface area contributed by atoms with Crippen molar-refractivity contribution in [2.45, 2.75) is 45.4 Å². The number of hydrogen-bond donors (Lipinski definition) is 1. The highest BCUT2D eigenvalue weighted by molar-refractivity contribution is 5.80. The van der Waals surface area contributed by atoms with E-state index in [1.807, 2.05) is 24.4 Å². The molecule has 6 heteroatoms. The molecule has 6 nitrogen and oxygen atoms in total. The summed E-state index contributed by atoms with van der Waals surface area (Å²) in [5.41, 5.74) is 1.52. The Morgan fingerprint density at radius 2 is 2.20 bits per heavy atom. The van der Waals surface area contributed by atoms with Gasteiger partial charge in [0.2, 0.25) is 0 Å². The lowest BCUT2D eigenvalue weighted by atomic mass is 9.68. The zero-order chi connectivity index (χ0) is 17.1. The maximum atomic E-state index is 4.87. The van der Waals surface area contributed by atoms with Crippen molar-refractivity contribution >= 4 is 11.6 Å². The number of hydrogen-bond acceptors (Lipinski definition) is 3. The molecule has 3 heterocycles. The van der Waals surface area contributed by atoms with Crippen LogP contribution in [0.2, 0.25) is 0 Å². The molecule has 25 heavy (non-hydrogen) atoms. The number of likely N-dealkylation sites (tertiary alicyclic amines) is 1. The molecule has 1 saturated heterocycles. The topological polar surface area (TPSA) is 57.8 Å². The maximum absolute atomic E-state index is 4.87. The van der Waals surface area contributed by atoms with E-state index in [1.54, 1.807) is 0 Å². The Hall–Kier alpha value is -2.11. The molecule has 134 valence electrons. The highest BCUT2D eigenvalue weighted by atomic mass is 15.3. The number of fused-ring (bicyclic) bond motifs is 1. The summed E-state index contributed by atoms with van der Waals surface area (Å²) in [6.07, 6.45) is 9.48. The molecule has 1 spiro atoms. The minimum absolute atomic E-state index is 0.608.